The van der Waals surface area contributed by atoms with Crippen LogP contribution in [0.1, 0.15) is 6.92 Å². The summed E-state index contributed by atoms with van der Waals surface area (Å²) in [6.45, 7) is 1.43. The predicted molar refractivity (Wildman–Crippen MR) is 37.6 cm³/mol. The van der Waals surface area contributed by atoms with Gasteiger partial charge in [0.2, 0.25) is 0 Å². The van der Waals surface area contributed by atoms with Gasteiger partial charge in [-0.15, -0.1) is 4.91 Å². The van der Waals surface area contributed by atoms with Crippen LogP contribution < -0.4 is 0 Å². The SMILES string of the molecule is CC1(C(=O)N=O)CS(=O)(=O)C1. The Morgan fingerprint density at radius 1 is 1.45 bits per heavy atom. The van der Waals surface area contributed by atoms with Crippen LogP contribution >= 0.6 is 0 Å². The van der Waals surface area contributed by atoms with Crippen LogP contribution in [-0.4, -0.2) is 25.8 Å². The van der Waals surface area contributed by atoms with Crippen molar-refractivity contribution in [2.75, 3.05) is 11.5 Å². The molecule has 1 heterocycles. The zero-order chi connectivity index (χ0) is 8.70. The molecule has 1 aliphatic rings. The molecule has 1 amide bonds. The summed E-state index contributed by atoms with van der Waals surface area (Å²) >= 11 is 0. The summed E-state index contributed by atoms with van der Waals surface area (Å²) in [7, 11) is -3.06. The third kappa shape index (κ3) is 1.30. The maximum Gasteiger partial charge on any atom is 0.294 e. The van der Waals surface area contributed by atoms with Crippen molar-refractivity contribution in [1.82, 2.24) is 0 Å². The molecule has 6 heteroatoms. The molecule has 0 unspecified atom stereocenters. The highest BCUT2D eigenvalue weighted by Gasteiger charge is 2.51. The van der Waals surface area contributed by atoms with Gasteiger partial charge in [0.1, 0.15) is 0 Å². The fourth-order valence-corrected chi connectivity index (χ4v) is 3.27. The number of hydrogen-bond donors (Lipinski definition) is 0. The van der Waals surface area contributed by atoms with Crippen LogP contribution in [0.5, 0.6) is 0 Å². The minimum absolute atomic E-state index is 0.245. The second-order valence-corrected chi connectivity index (χ2v) is 5.05. The molecule has 11 heavy (non-hydrogen) atoms. The topological polar surface area (TPSA) is 80.6 Å². The molecule has 62 valence electrons. The van der Waals surface area contributed by atoms with E-state index in [9.17, 15) is 18.1 Å². The first kappa shape index (κ1) is 8.32. The van der Waals surface area contributed by atoms with Crippen molar-refractivity contribution in [3.05, 3.63) is 4.91 Å². The maximum atomic E-state index is 10.7. The van der Waals surface area contributed by atoms with Crippen LogP contribution in [0, 0.1) is 10.3 Å². The van der Waals surface area contributed by atoms with E-state index in [2.05, 4.69) is 5.18 Å². The van der Waals surface area contributed by atoms with E-state index in [0.29, 0.717) is 0 Å². The van der Waals surface area contributed by atoms with Crippen molar-refractivity contribution in [3.63, 3.8) is 0 Å². The number of nitrogens with zero attached hydrogens (tertiary/aromatic N) is 1. The van der Waals surface area contributed by atoms with Crippen LogP contribution in [0.3, 0.4) is 0 Å². The van der Waals surface area contributed by atoms with Gasteiger partial charge in [0, 0.05) is 5.18 Å². The van der Waals surface area contributed by atoms with Crippen LogP contribution in [0.15, 0.2) is 5.18 Å². The lowest BCUT2D eigenvalue weighted by Crippen LogP contribution is -2.50. The summed E-state index contributed by atoms with van der Waals surface area (Å²) in [4.78, 5) is 20.4. The summed E-state index contributed by atoms with van der Waals surface area (Å²) in [5.74, 6) is -1.36. The normalized spacial score (nSPS) is 25.2. The molecular weight excluding hydrogens is 170 g/mol. The van der Waals surface area contributed by atoms with E-state index in [0.717, 1.165) is 0 Å². The first-order valence-corrected chi connectivity index (χ1v) is 4.80. The van der Waals surface area contributed by atoms with Crippen molar-refractivity contribution >= 4 is 15.7 Å². The minimum Gasteiger partial charge on any atom is -0.268 e. The number of nitroso groups, excluding NO2 is 1. The summed E-state index contributed by atoms with van der Waals surface area (Å²) in [6, 6.07) is 0. The second kappa shape index (κ2) is 2.10. The van der Waals surface area contributed by atoms with E-state index in [1.54, 1.807) is 0 Å². The Morgan fingerprint density at radius 3 is 2.18 bits per heavy atom. The van der Waals surface area contributed by atoms with Gasteiger partial charge < -0.3 is 0 Å². The largest absolute Gasteiger partial charge is 0.294 e. The fourth-order valence-electron chi connectivity index (χ4n) is 1.16. The Hall–Kier alpha value is -0.780. The molecule has 0 N–H and O–H groups in total. The van der Waals surface area contributed by atoms with Crippen molar-refractivity contribution in [1.29, 1.82) is 0 Å². The molecule has 0 spiro atoms. The highest BCUT2D eigenvalue weighted by atomic mass is 32.2. The molecule has 0 aromatic rings. The summed E-state index contributed by atoms with van der Waals surface area (Å²) in [5, 5.41) is 2.19. The highest BCUT2D eigenvalue weighted by Crippen LogP contribution is 2.33. The van der Waals surface area contributed by atoms with Gasteiger partial charge in [-0.1, -0.05) is 0 Å². The first-order chi connectivity index (χ1) is 4.90. The highest BCUT2D eigenvalue weighted by molar-refractivity contribution is 7.93. The molecular formula is C5H7NO4S. The molecule has 0 atom stereocenters. The zero-order valence-electron chi connectivity index (χ0n) is 5.90. The van der Waals surface area contributed by atoms with Gasteiger partial charge in [-0.05, 0) is 6.92 Å². The standard InChI is InChI=1S/C5H7NO4S/c1-5(4(7)6-8)2-11(9,10)3-5/h2-3H2,1H3. The number of hydrogen-bond acceptors (Lipinski definition) is 4. The number of carbonyl (C=O) groups is 1. The Bertz CT molecular complexity index is 292. The van der Waals surface area contributed by atoms with Crippen LogP contribution in [-0.2, 0) is 14.6 Å². The average molecular weight is 177 g/mol. The van der Waals surface area contributed by atoms with Gasteiger partial charge in [-0.2, -0.15) is 0 Å². The molecule has 1 rings (SSSR count). The quantitative estimate of drug-likeness (QED) is 0.515. The van der Waals surface area contributed by atoms with Gasteiger partial charge in [-0.25, -0.2) is 8.42 Å². The van der Waals surface area contributed by atoms with Gasteiger partial charge >= 0.3 is 0 Å². The number of carbonyl (C=O) groups excluding carboxylic acids is 1. The van der Waals surface area contributed by atoms with Gasteiger partial charge in [0.15, 0.2) is 9.84 Å². The van der Waals surface area contributed by atoms with E-state index in [4.69, 9.17) is 0 Å². The molecule has 1 saturated heterocycles. The van der Waals surface area contributed by atoms with E-state index in [-0.39, 0.29) is 11.5 Å². The second-order valence-electron chi connectivity index (χ2n) is 2.99. The Balaban J connectivity index is 2.78. The zero-order valence-corrected chi connectivity index (χ0v) is 6.72. The lowest BCUT2D eigenvalue weighted by Gasteiger charge is -2.32. The van der Waals surface area contributed by atoms with Crippen LogP contribution in [0.25, 0.3) is 0 Å². The molecule has 0 radical (unpaired) electrons. The molecule has 1 aliphatic heterocycles. The molecule has 0 aliphatic carbocycles. The average Bonchev–Trinajstić information content (AvgIpc) is 1.81. The third-order valence-electron chi connectivity index (χ3n) is 1.68. The van der Waals surface area contributed by atoms with Crippen molar-refractivity contribution < 1.29 is 13.2 Å². The maximum absolute atomic E-state index is 10.7. The van der Waals surface area contributed by atoms with Crippen LogP contribution in [0.4, 0.5) is 0 Å². The predicted octanol–water partition coefficient (Wildman–Crippen LogP) is -0.286. The van der Waals surface area contributed by atoms with Crippen molar-refractivity contribution in [2.24, 2.45) is 10.6 Å². The number of sulfone groups is 1. The lowest BCUT2D eigenvalue weighted by molar-refractivity contribution is -0.125. The Labute approximate surface area is 63.7 Å². The summed E-state index contributed by atoms with van der Waals surface area (Å²) in [5.41, 5.74) is -1.04. The van der Waals surface area contributed by atoms with E-state index < -0.39 is 21.2 Å². The molecule has 0 bridgehead atoms. The lowest BCUT2D eigenvalue weighted by atomic mass is 9.94. The number of amides is 1. The van der Waals surface area contributed by atoms with E-state index in [1.165, 1.54) is 6.92 Å². The van der Waals surface area contributed by atoms with E-state index >= 15 is 0 Å². The smallest absolute Gasteiger partial charge is 0.268 e. The summed E-state index contributed by atoms with van der Waals surface area (Å²) < 4.78 is 21.3. The molecule has 0 aromatic heterocycles. The van der Waals surface area contributed by atoms with Gasteiger partial charge in [0.25, 0.3) is 5.91 Å². The van der Waals surface area contributed by atoms with Crippen molar-refractivity contribution in [3.8, 4) is 0 Å². The Kier molecular flexibility index (Phi) is 1.59. The van der Waals surface area contributed by atoms with Gasteiger partial charge in [-0.3, -0.25) is 4.79 Å². The molecule has 5 nitrogen and oxygen atoms in total. The Morgan fingerprint density at radius 2 is 1.91 bits per heavy atom. The minimum atomic E-state index is -3.06. The number of rotatable bonds is 1. The summed E-state index contributed by atoms with van der Waals surface area (Å²) in [6.07, 6.45) is 0. The molecule has 0 aromatic carbocycles. The van der Waals surface area contributed by atoms with Crippen molar-refractivity contribution in [2.45, 2.75) is 6.92 Å². The monoisotopic (exact) mass is 177 g/mol. The molecule has 0 saturated carbocycles. The van der Waals surface area contributed by atoms with Gasteiger partial charge in [0.05, 0.1) is 16.9 Å². The van der Waals surface area contributed by atoms with E-state index in [1.807, 2.05) is 0 Å². The third-order valence-corrected chi connectivity index (χ3v) is 3.83. The van der Waals surface area contributed by atoms with Crippen LogP contribution in [0.2, 0.25) is 0 Å². The first-order valence-electron chi connectivity index (χ1n) is 2.98. The fraction of sp³-hybridized carbons (Fsp3) is 0.800. The molecule has 1 fully saturated rings.